The van der Waals surface area contributed by atoms with Gasteiger partial charge >= 0.3 is 54.7 Å². The van der Waals surface area contributed by atoms with E-state index in [1.165, 1.54) is 0 Å². The fourth-order valence-electron chi connectivity index (χ4n) is 16.5. The Hall–Kier alpha value is -0.0436. The van der Waals surface area contributed by atoms with Gasteiger partial charge in [0.05, 0.1) is 9.52 Å². The molecule has 10 fully saturated rings. The van der Waals surface area contributed by atoms with Gasteiger partial charge in [-0.15, -0.1) is 0 Å². The Balaban J connectivity index is 0.0000000821. The second-order valence-corrected chi connectivity index (χ2v) is 36.9. The van der Waals surface area contributed by atoms with Crippen molar-refractivity contribution in [3.8, 4) is 0 Å². The predicted octanol–water partition coefficient (Wildman–Crippen LogP) is 3.90. The number of benzene rings is 1. The zero-order valence-electron chi connectivity index (χ0n) is 11.2. The fraction of sp³-hybridized carbons (Fsp3) is 0.647. The van der Waals surface area contributed by atoms with Gasteiger partial charge in [-0.1, -0.05) is 42.1 Å². The van der Waals surface area contributed by atoms with Gasteiger partial charge in [-0.2, -0.15) is 0 Å². The van der Waals surface area contributed by atoms with Crippen molar-refractivity contribution < 1.29 is 6.51 Å². The molecular weight excluding hydrogens is 288 g/mol. The minimum atomic E-state index is -2.28. The Bertz CT molecular complexity index is 860. The Morgan fingerprint density at radius 2 is 1.05 bits per heavy atom. The molecular formula is C17H20FeSi. The van der Waals surface area contributed by atoms with Gasteiger partial charge in [0.15, 0.2) is 0 Å². The number of hydrogen-bond acceptors (Lipinski definition) is 0. The standard InChI is InChI=1S/C7H10Si.2C5H5.Fe/c1-8-7-5-3-2-4-6-7;2*1-2-4-5-3-1;/h2-6H,8H2,1H3;2*1-5H;. The third kappa shape index (κ3) is 0.104. The van der Waals surface area contributed by atoms with E-state index in [1.807, 2.05) is 0 Å². The van der Waals surface area contributed by atoms with E-state index < -0.39 is 6.51 Å². The topological polar surface area (TPSA) is 0 Å². The molecule has 0 amide bonds. The molecule has 0 radical (unpaired) electrons. The van der Waals surface area contributed by atoms with Crippen molar-refractivity contribution in [3.05, 3.63) is 30.3 Å². The summed E-state index contributed by atoms with van der Waals surface area (Å²) in [5, 5.41) is 1.55. The molecule has 10 saturated heterocycles. The summed E-state index contributed by atoms with van der Waals surface area (Å²) >= 11 is 0. The van der Waals surface area contributed by atoms with Crippen LogP contribution in [0.25, 0.3) is 0 Å². The van der Waals surface area contributed by atoms with Crippen molar-refractivity contribution in [1.29, 1.82) is 0 Å². The summed E-state index contributed by atoms with van der Waals surface area (Å²) in [6, 6.07) is 10.7. The number of fused-ring (bicyclic) bond motifs is 10. The van der Waals surface area contributed by atoms with Gasteiger partial charge in [0.1, 0.15) is 0 Å². The van der Waals surface area contributed by atoms with Crippen LogP contribution in [0.2, 0.25) is 54.7 Å². The summed E-state index contributed by atoms with van der Waals surface area (Å²) in [4.78, 5) is 15.9. The van der Waals surface area contributed by atoms with Crippen molar-refractivity contribution in [2.24, 2.45) is 0 Å². The molecule has 0 aliphatic carbocycles. The van der Waals surface area contributed by atoms with E-state index in [1.54, 1.807) is 53.3 Å². The molecule has 0 aromatic heterocycles. The molecule has 10 aliphatic heterocycles. The summed E-state index contributed by atoms with van der Waals surface area (Å²) in [5.74, 6) is 0. The van der Waals surface area contributed by atoms with E-state index in [0.29, 0.717) is 0 Å². The minimum absolute atomic E-state index is 0.0913. The molecule has 0 N–H and O–H groups in total. The molecule has 100 valence electrons. The van der Waals surface area contributed by atoms with E-state index in [9.17, 15) is 0 Å². The average molecular weight is 308 g/mol. The molecule has 10 heterocycles. The van der Waals surface area contributed by atoms with Crippen LogP contribution < -0.4 is 5.19 Å². The molecule has 0 saturated carbocycles. The van der Waals surface area contributed by atoms with Gasteiger partial charge in [0, 0.05) is 0 Å². The van der Waals surface area contributed by atoms with E-state index in [-0.39, 0.29) is 9.52 Å². The van der Waals surface area contributed by atoms with Crippen molar-refractivity contribution in [2.45, 2.75) is 54.7 Å². The first kappa shape index (κ1) is 7.82. The van der Waals surface area contributed by atoms with Crippen LogP contribution in [0, 0.1) is 0 Å². The second-order valence-electron chi connectivity index (χ2n) is 11.4. The average Bonchev–Trinajstić information content (AvgIpc) is 3.41. The molecule has 10 aliphatic rings. The molecule has 1 aromatic rings. The maximum atomic E-state index is 2.30. The monoisotopic (exact) mass is 308 g/mol. The van der Waals surface area contributed by atoms with Crippen molar-refractivity contribution >= 4 is 14.7 Å². The zero-order valence-corrected chi connectivity index (χ0v) is 13.7. The molecule has 0 unspecified atom stereocenters. The zero-order chi connectivity index (χ0) is 11.9. The fourth-order valence-corrected chi connectivity index (χ4v) is 89.5. The normalized spacial score (nSPS) is 103. The summed E-state index contributed by atoms with van der Waals surface area (Å²) < 4.78 is 0. The van der Waals surface area contributed by atoms with Crippen LogP contribution in [0.5, 0.6) is 0 Å². The van der Waals surface area contributed by atoms with E-state index >= 15 is 0 Å². The van der Waals surface area contributed by atoms with Gasteiger partial charge < -0.3 is 0 Å². The summed E-state index contributed by atoms with van der Waals surface area (Å²) in [6.07, 6.45) is 0. The van der Waals surface area contributed by atoms with E-state index in [2.05, 4.69) is 36.9 Å². The van der Waals surface area contributed by atoms with E-state index in [4.69, 9.17) is 0 Å². The summed E-state index contributed by atoms with van der Waals surface area (Å²) in [6.45, 7) is 0.0176. The Kier molecular flexibility index (Phi) is 0.301. The van der Waals surface area contributed by atoms with Crippen LogP contribution in [0.1, 0.15) is 0 Å². The number of hydrogen-bond donors (Lipinski definition) is 0. The molecule has 0 atom stereocenters. The first-order valence-electron chi connectivity index (χ1n) is 8.35. The molecule has 11 rings (SSSR count). The second kappa shape index (κ2) is 0.732. The Morgan fingerprint density at radius 1 is 0.684 bits per heavy atom. The summed E-state index contributed by atoms with van der Waals surface area (Å²) in [7, 11) is 0.0913. The third-order valence-corrected chi connectivity index (χ3v) is 59.0. The van der Waals surface area contributed by atoms with Gasteiger partial charge in [-0.25, -0.2) is 0 Å². The molecule has 0 bridgehead atoms. The predicted molar refractivity (Wildman–Crippen MR) is 78.0 cm³/mol. The van der Waals surface area contributed by atoms with Gasteiger partial charge in [0.2, 0.25) is 0 Å². The molecule has 1 aromatic carbocycles. The van der Waals surface area contributed by atoms with Crippen molar-refractivity contribution in [2.75, 3.05) is 0 Å². The van der Waals surface area contributed by atoms with Crippen LogP contribution >= 0.6 is 0 Å². The third-order valence-electron chi connectivity index (χ3n) is 15.8. The maximum absolute atomic E-state index is 2.30. The Morgan fingerprint density at radius 3 is 1.21 bits per heavy atom. The van der Waals surface area contributed by atoms with Gasteiger partial charge in [0.25, 0.3) is 0 Å². The molecule has 2 heteroatoms. The van der Waals surface area contributed by atoms with Crippen molar-refractivity contribution in [1.82, 2.24) is 0 Å². The van der Waals surface area contributed by atoms with Crippen LogP contribution in [-0.4, -0.2) is 9.52 Å². The molecule has 1 spiro atoms. The summed E-state index contributed by atoms with van der Waals surface area (Å²) in [5.41, 5.74) is 0. The van der Waals surface area contributed by atoms with Crippen LogP contribution in [0.15, 0.2) is 30.3 Å². The quantitative estimate of drug-likeness (QED) is 0.690. The first-order valence-corrected chi connectivity index (χ1v) is 16.8. The van der Waals surface area contributed by atoms with Crippen LogP contribution in [0.3, 0.4) is 0 Å². The van der Waals surface area contributed by atoms with E-state index in [0.717, 1.165) is 0 Å². The van der Waals surface area contributed by atoms with Gasteiger partial charge in [-0.3, -0.25) is 0 Å². The van der Waals surface area contributed by atoms with Crippen LogP contribution in [0.4, 0.5) is 0 Å². The molecule has 19 heavy (non-hydrogen) atoms. The molecule has 0 nitrogen and oxygen atoms in total. The van der Waals surface area contributed by atoms with Gasteiger partial charge in [-0.05, 0) is 0 Å². The van der Waals surface area contributed by atoms with Crippen LogP contribution in [-0.2, 0) is 6.51 Å². The number of rotatable bonds is 1. The van der Waals surface area contributed by atoms with Crippen molar-refractivity contribution in [3.63, 3.8) is 0 Å². The SMILES string of the molecule is C[SiH2]c1ccccc1.[CH]12[CH]3[CH]4[CH]5[CH]1[Fe]23451678[CH]2[CH]1[CH]6[CH]7[CH]28. The Labute approximate surface area is 106 Å². The first-order chi connectivity index (χ1) is 9.09.